The summed E-state index contributed by atoms with van der Waals surface area (Å²) in [6.45, 7) is -0.248. The second-order valence-electron chi connectivity index (χ2n) is 2.94. The lowest BCUT2D eigenvalue weighted by atomic mass is 10.3. The van der Waals surface area contributed by atoms with Crippen molar-refractivity contribution in [2.45, 2.75) is 19.1 Å². The van der Waals surface area contributed by atoms with Crippen LogP contribution in [-0.2, 0) is 6.54 Å². The first-order valence-corrected chi connectivity index (χ1v) is 4.14. The predicted molar refractivity (Wildman–Crippen MR) is 47.6 cm³/mol. The molecule has 0 saturated heterocycles. The van der Waals surface area contributed by atoms with E-state index in [0.29, 0.717) is 0 Å². The highest BCUT2D eigenvalue weighted by molar-refractivity contribution is 5.95. The number of oxime groups is 1. The molecule has 0 atom stereocenters. The molecule has 0 aromatic carbocycles. The molecule has 1 rings (SSSR count). The molecule has 0 bridgehead atoms. The predicted octanol–water partition coefficient (Wildman–Crippen LogP) is 1.53. The normalized spacial score (nSPS) is 13.1. The van der Waals surface area contributed by atoms with Crippen LogP contribution >= 0.6 is 0 Å². The molecule has 7 heteroatoms. The van der Waals surface area contributed by atoms with Crippen molar-refractivity contribution in [1.82, 2.24) is 4.57 Å². The largest absolute Gasteiger partial charge is 0.409 e. The van der Waals surface area contributed by atoms with Crippen LogP contribution in [0.5, 0.6) is 0 Å². The van der Waals surface area contributed by atoms with Crippen LogP contribution < -0.4 is 5.73 Å². The molecule has 1 aromatic rings. The van der Waals surface area contributed by atoms with E-state index < -0.39 is 12.6 Å². The summed E-state index contributed by atoms with van der Waals surface area (Å²) in [5.41, 5.74) is 5.54. The van der Waals surface area contributed by atoms with E-state index in [-0.39, 0.29) is 18.1 Å². The Hall–Kier alpha value is -1.66. The van der Waals surface area contributed by atoms with E-state index >= 15 is 0 Å². The molecule has 1 heterocycles. The van der Waals surface area contributed by atoms with Crippen LogP contribution in [0.1, 0.15) is 12.1 Å². The Balaban J connectivity index is 2.74. The van der Waals surface area contributed by atoms with Gasteiger partial charge in [0.1, 0.15) is 0 Å². The van der Waals surface area contributed by atoms with Gasteiger partial charge < -0.3 is 15.5 Å². The molecule has 0 fully saturated rings. The van der Waals surface area contributed by atoms with Crippen molar-refractivity contribution in [2.75, 3.05) is 0 Å². The highest BCUT2D eigenvalue weighted by Crippen LogP contribution is 2.20. The molecule has 0 radical (unpaired) electrons. The molecular weight excluding hydrogens is 211 g/mol. The van der Waals surface area contributed by atoms with E-state index in [2.05, 4.69) is 5.16 Å². The highest BCUT2D eigenvalue weighted by atomic mass is 19.4. The zero-order chi connectivity index (χ0) is 11.5. The minimum Gasteiger partial charge on any atom is -0.409 e. The molecule has 0 aliphatic carbocycles. The quantitative estimate of drug-likeness (QED) is 0.352. The van der Waals surface area contributed by atoms with Gasteiger partial charge in [0.05, 0.1) is 12.1 Å². The van der Waals surface area contributed by atoms with Crippen molar-refractivity contribution >= 4 is 5.84 Å². The number of alkyl halides is 3. The average Bonchev–Trinajstić information content (AvgIpc) is 2.60. The molecule has 4 nitrogen and oxygen atoms in total. The van der Waals surface area contributed by atoms with E-state index in [1.54, 1.807) is 0 Å². The Labute approximate surface area is 83.8 Å². The first kappa shape index (κ1) is 11.4. The van der Waals surface area contributed by atoms with Crippen LogP contribution in [0.2, 0.25) is 0 Å². The smallest absolute Gasteiger partial charge is 0.390 e. The van der Waals surface area contributed by atoms with Crippen LogP contribution in [0, 0.1) is 0 Å². The minimum atomic E-state index is -4.22. The number of halogens is 3. The van der Waals surface area contributed by atoms with Crippen LogP contribution in [-0.4, -0.2) is 21.8 Å². The molecule has 0 aliphatic heterocycles. The van der Waals surface area contributed by atoms with E-state index in [4.69, 9.17) is 10.9 Å². The summed E-state index contributed by atoms with van der Waals surface area (Å²) >= 11 is 0. The molecule has 84 valence electrons. The average molecular weight is 221 g/mol. The van der Waals surface area contributed by atoms with E-state index in [1.807, 2.05) is 0 Å². The minimum absolute atomic E-state index is 0.206. The molecule has 0 unspecified atom stereocenters. The van der Waals surface area contributed by atoms with Gasteiger partial charge in [0, 0.05) is 12.7 Å². The molecule has 0 spiro atoms. The number of hydrogen-bond donors (Lipinski definition) is 2. The van der Waals surface area contributed by atoms with Gasteiger partial charge in [-0.1, -0.05) is 5.16 Å². The summed E-state index contributed by atoms with van der Waals surface area (Å²) in [6.07, 6.45) is -3.72. The molecule has 0 aliphatic rings. The van der Waals surface area contributed by atoms with Crippen molar-refractivity contribution in [3.8, 4) is 0 Å². The maximum atomic E-state index is 11.9. The van der Waals surface area contributed by atoms with Gasteiger partial charge in [0.2, 0.25) is 0 Å². The summed E-state index contributed by atoms with van der Waals surface area (Å²) in [5.74, 6) is -0.206. The third kappa shape index (κ3) is 3.19. The first-order chi connectivity index (χ1) is 6.94. The third-order valence-electron chi connectivity index (χ3n) is 1.84. The summed E-state index contributed by atoms with van der Waals surface area (Å²) in [5, 5.41) is 11.1. The second-order valence-corrected chi connectivity index (χ2v) is 2.94. The number of nitrogens with two attached hydrogens (primary N) is 1. The Morgan fingerprint density at radius 3 is 2.73 bits per heavy atom. The van der Waals surface area contributed by atoms with Gasteiger partial charge in [-0.05, 0) is 12.1 Å². The first-order valence-electron chi connectivity index (χ1n) is 4.14. The number of amidine groups is 1. The maximum absolute atomic E-state index is 11.9. The zero-order valence-electron chi connectivity index (χ0n) is 7.70. The zero-order valence-corrected chi connectivity index (χ0v) is 7.70. The summed E-state index contributed by atoms with van der Waals surface area (Å²) in [6, 6.07) is 3.01. The van der Waals surface area contributed by atoms with Crippen LogP contribution in [0.4, 0.5) is 13.2 Å². The lowest BCUT2D eigenvalue weighted by Crippen LogP contribution is -2.20. The van der Waals surface area contributed by atoms with Crippen molar-refractivity contribution in [3.05, 3.63) is 24.0 Å². The Bertz CT molecular complexity index is 356. The summed E-state index contributed by atoms with van der Waals surface area (Å²) < 4.78 is 37.1. The lowest BCUT2D eigenvalue weighted by Gasteiger charge is -2.09. The van der Waals surface area contributed by atoms with E-state index in [1.165, 1.54) is 22.9 Å². The van der Waals surface area contributed by atoms with Crippen LogP contribution in [0.25, 0.3) is 0 Å². The van der Waals surface area contributed by atoms with E-state index in [0.717, 1.165) is 0 Å². The third-order valence-corrected chi connectivity index (χ3v) is 1.84. The number of aromatic nitrogens is 1. The fourth-order valence-electron chi connectivity index (χ4n) is 1.14. The van der Waals surface area contributed by atoms with Gasteiger partial charge in [-0.2, -0.15) is 13.2 Å². The van der Waals surface area contributed by atoms with Gasteiger partial charge in [0.15, 0.2) is 5.84 Å². The molecule has 0 amide bonds. The molecule has 15 heavy (non-hydrogen) atoms. The Morgan fingerprint density at radius 1 is 1.53 bits per heavy atom. The number of hydrogen-bond acceptors (Lipinski definition) is 2. The molecular formula is C8H10F3N3O. The van der Waals surface area contributed by atoms with E-state index in [9.17, 15) is 13.2 Å². The topological polar surface area (TPSA) is 63.5 Å². The van der Waals surface area contributed by atoms with Crippen molar-refractivity contribution < 1.29 is 18.4 Å². The Morgan fingerprint density at radius 2 is 2.20 bits per heavy atom. The lowest BCUT2D eigenvalue weighted by molar-refractivity contribution is -0.136. The second kappa shape index (κ2) is 4.24. The fraction of sp³-hybridized carbons (Fsp3) is 0.375. The summed E-state index contributed by atoms with van der Waals surface area (Å²) in [7, 11) is 0. The van der Waals surface area contributed by atoms with Crippen molar-refractivity contribution in [1.29, 1.82) is 0 Å². The standard InChI is InChI=1S/C8H10F3N3O/c9-8(10,11)3-5-14-4-1-2-6(14)7(12)13-15/h1-2,4,15H,3,5H2,(H2,12,13). The molecule has 3 N–H and O–H groups in total. The fourth-order valence-corrected chi connectivity index (χ4v) is 1.14. The van der Waals surface area contributed by atoms with Crippen LogP contribution in [0.15, 0.2) is 23.5 Å². The number of rotatable bonds is 3. The van der Waals surface area contributed by atoms with Gasteiger partial charge in [-0.25, -0.2) is 0 Å². The monoisotopic (exact) mass is 221 g/mol. The van der Waals surface area contributed by atoms with Gasteiger partial charge in [0.25, 0.3) is 0 Å². The highest BCUT2D eigenvalue weighted by Gasteiger charge is 2.26. The van der Waals surface area contributed by atoms with Crippen LogP contribution in [0.3, 0.4) is 0 Å². The van der Waals surface area contributed by atoms with Crippen molar-refractivity contribution in [3.63, 3.8) is 0 Å². The Kier molecular flexibility index (Phi) is 3.23. The molecule has 1 aromatic heterocycles. The number of aryl methyl sites for hydroxylation is 1. The summed E-state index contributed by atoms with van der Waals surface area (Å²) in [4.78, 5) is 0. The van der Waals surface area contributed by atoms with Gasteiger partial charge >= 0.3 is 6.18 Å². The van der Waals surface area contributed by atoms with Gasteiger partial charge in [-0.3, -0.25) is 0 Å². The maximum Gasteiger partial charge on any atom is 0.390 e. The van der Waals surface area contributed by atoms with Gasteiger partial charge in [-0.15, -0.1) is 0 Å². The molecule has 0 saturated carbocycles. The number of nitrogens with zero attached hydrogens (tertiary/aromatic N) is 2. The SMILES string of the molecule is N/C(=N/O)c1cccn1CCC(F)(F)F. The van der Waals surface area contributed by atoms with Crippen molar-refractivity contribution in [2.24, 2.45) is 10.9 Å².